The van der Waals surface area contributed by atoms with Crippen molar-refractivity contribution in [2.75, 3.05) is 19.8 Å². The highest BCUT2D eigenvalue weighted by Crippen LogP contribution is 2.35. The maximum absolute atomic E-state index is 12.1. The summed E-state index contributed by atoms with van der Waals surface area (Å²) >= 11 is 6.19. The number of ether oxygens (including phenoxy) is 1. The highest BCUT2D eigenvalue weighted by molar-refractivity contribution is 6.30. The maximum Gasteiger partial charge on any atom is 0.237 e. The van der Waals surface area contributed by atoms with Crippen LogP contribution in [0.2, 0.25) is 5.02 Å². The maximum atomic E-state index is 12.1. The lowest BCUT2D eigenvalue weighted by Crippen LogP contribution is -2.50. The SMILES string of the molecule is C[C@H](NCC1(c2cccc(Cl)c2)CCOCC1)C(=O)NC1CC1. The Morgan fingerprint density at radius 3 is 2.78 bits per heavy atom. The normalized spacial score (nSPS) is 21.7. The van der Waals surface area contributed by atoms with E-state index in [4.69, 9.17) is 16.3 Å². The summed E-state index contributed by atoms with van der Waals surface area (Å²) in [5.74, 6) is 0.0980. The third kappa shape index (κ3) is 4.25. The lowest BCUT2D eigenvalue weighted by Gasteiger charge is -2.39. The Balaban J connectivity index is 1.67. The van der Waals surface area contributed by atoms with Gasteiger partial charge in [-0.2, -0.15) is 0 Å². The molecular formula is C18H25ClN2O2. The van der Waals surface area contributed by atoms with Crippen molar-refractivity contribution in [2.45, 2.75) is 50.1 Å². The van der Waals surface area contributed by atoms with E-state index in [0.29, 0.717) is 6.04 Å². The summed E-state index contributed by atoms with van der Waals surface area (Å²) in [5, 5.41) is 7.25. The van der Waals surface area contributed by atoms with Crippen molar-refractivity contribution in [3.8, 4) is 0 Å². The van der Waals surface area contributed by atoms with E-state index in [9.17, 15) is 4.79 Å². The van der Waals surface area contributed by atoms with E-state index in [1.54, 1.807) is 0 Å². The molecule has 0 radical (unpaired) electrons. The van der Waals surface area contributed by atoms with Gasteiger partial charge in [0.1, 0.15) is 0 Å². The lowest BCUT2D eigenvalue weighted by atomic mass is 9.74. The van der Waals surface area contributed by atoms with Crippen molar-refractivity contribution in [3.63, 3.8) is 0 Å². The van der Waals surface area contributed by atoms with Crippen LogP contribution in [0.25, 0.3) is 0 Å². The molecule has 3 rings (SSSR count). The number of carbonyl (C=O) groups excluding carboxylic acids is 1. The van der Waals surface area contributed by atoms with Crippen LogP contribution in [0, 0.1) is 0 Å². The van der Waals surface area contributed by atoms with Crippen LogP contribution in [0.3, 0.4) is 0 Å². The molecule has 1 aliphatic heterocycles. The van der Waals surface area contributed by atoms with Crippen molar-refractivity contribution in [2.24, 2.45) is 0 Å². The molecule has 23 heavy (non-hydrogen) atoms. The van der Waals surface area contributed by atoms with Gasteiger partial charge >= 0.3 is 0 Å². The third-order valence-corrected chi connectivity index (χ3v) is 5.19. The molecule has 0 spiro atoms. The van der Waals surface area contributed by atoms with Crippen LogP contribution in [0.15, 0.2) is 24.3 Å². The first-order chi connectivity index (χ1) is 11.1. The Morgan fingerprint density at radius 2 is 2.13 bits per heavy atom. The summed E-state index contributed by atoms with van der Waals surface area (Å²) in [5.41, 5.74) is 1.22. The van der Waals surface area contributed by atoms with Gasteiger partial charge < -0.3 is 15.4 Å². The average molecular weight is 337 g/mol. The van der Waals surface area contributed by atoms with E-state index in [1.807, 2.05) is 25.1 Å². The number of carbonyl (C=O) groups is 1. The predicted octanol–water partition coefficient (Wildman–Crippen LogP) is 2.64. The minimum atomic E-state index is -0.186. The number of benzene rings is 1. The molecule has 2 N–H and O–H groups in total. The minimum Gasteiger partial charge on any atom is -0.381 e. The molecular weight excluding hydrogens is 312 g/mol. The van der Waals surface area contributed by atoms with Gasteiger partial charge in [-0.05, 0) is 50.3 Å². The number of hydrogen-bond donors (Lipinski definition) is 2. The Morgan fingerprint density at radius 1 is 1.39 bits per heavy atom. The van der Waals surface area contributed by atoms with Crippen LogP contribution in [-0.2, 0) is 14.9 Å². The van der Waals surface area contributed by atoms with Crippen molar-refractivity contribution in [1.29, 1.82) is 0 Å². The predicted molar refractivity (Wildman–Crippen MR) is 91.8 cm³/mol. The second-order valence-corrected chi connectivity index (χ2v) is 7.22. The first-order valence-corrected chi connectivity index (χ1v) is 8.84. The van der Waals surface area contributed by atoms with Crippen LogP contribution < -0.4 is 10.6 Å². The van der Waals surface area contributed by atoms with E-state index >= 15 is 0 Å². The van der Waals surface area contributed by atoms with Crippen molar-refractivity contribution >= 4 is 17.5 Å². The zero-order chi connectivity index (χ0) is 16.3. The second-order valence-electron chi connectivity index (χ2n) is 6.79. The van der Waals surface area contributed by atoms with Gasteiger partial charge in [-0.15, -0.1) is 0 Å². The largest absolute Gasteiger partial charge is 0.381 e. The Hall–Kier alpha value is -1.10. The number of halogens is 1. The highest BCUT2D eigenvalue weighted by atomic mass is 35.5. The zero-order valence-electron chi connectivity index (χ0n) is 13.6. The van der Waals surface area contributed by atoms with Gasteiger partial charge in [-0.3, -0.25) is 4.79 Å². The average Bonchev–Trinajstić information content (AvgIpc) is 3.37. The molecule has 1 atom stereocenters. The van der Waals surface area contributed by atoms with Crippen LogP contribution in [0.4, 0.5) is 0 Å². The van der Waals surface area contributed by atoms with E-state index in [2.05, 4.69) is 16.7 Å². The molecule has 0 unspecified atom stereocenters. The van der Waals surface area contributed by atoms with Crippen molar-refractivity contribution < 1.29 is 9.53 Å². The summed E-state index contributed by atoms with van der Waals surface area (Å²) in [6.45, 7) is 4.19. The van der Waals surface area contributed by atoms with Gasteiger partial charge in [-0.1, -0.05) is 23.7 Å². The van der Waals surface area contributed by atoms with E-state index in [0.717, 1.165) is 50.5 Å². The van der Waals surface area contributed by atoms with Gasteiger partial charge in [0.2, 0.25) is 5.91 Å². The first kappa shape index (κ1) is 16.7. The topological polar surface area (TPSA) is 50.4 Å². The van der Waals surface area contributed by atoms with Crippen LogP contribution in [0.5, 0.6) is 0 Å². The van der Waals surface area contributed by atoms with E-state index in [-0.39, 0.29) is 17.4 Å². The van der Waals surface area contributed by atoms with Crippen LogP contribution in [0.1, 0.15) is 38.2 Å². The zero-order valence-corrected chi connectivity index (χ0v) is 14.4. The standard InChI is InChI=1S/C18H25ClN2O2/c1-13(17(22)21-16-5-6-16)20-12-18(7-9-23-10-8-18)14-3-2-4-15(19)11-14/h2-4,11,13,16,20H,5-10,12H2,1H3,(H,21,22)/t13-/m0/s1. The smallest absolute Gasteiger partial charge is 0.237 e. The molecule has 1 saturated heterocycles. The Labute approximate surface area is 142 Å². The Kier molecular flexibility index (Phi) is 5.24. The molecule has 0 bridgehead atoms. The van der Waals surface area contributed by atoms with Crippen molar-refractivity contribution in [1.82, 2.24) is 10.6 Å². The number of nitrogens with one attached hydrogen (secondary N) is 2. The number of hydrogen-bond acceptors (Lipinski definition) is 3. The summed E-state index contributed by atoms with van der Waals surface area (Å²) in [4.78, 5) is 12.1. The third-order valence-electron chi connectivity index (χ3n) is 4.95. The van der Waals surface area contributed by atoms with E-state index in [1.165, 1.54) is 5.56 Å². The van der Waals surface area contributed by atoms with Crippen molar-refractivity contribution in [3.05, 3.63) is 34.9 Å². The molecule has 1 saturated carbocycles. The number of amides is 1. The number of rotatable bonds is 6. The molecule has 1 aliphatic carbocycles. The van der Waals surface area contributed by atoms with Gasteiger partial charge in [0, 0.05) is 36.2 Å². The van der Waals surface area contributed by atoms with Crippen LogP contribution >= 0.6 is 11.6 Å². The molecule has 5 heteroatoms. The summed E-state index contributed by atoms with van der Waals surface area (Å²) < 4.78 is 5.55. The highest BCUT2D eigenvalue weighted by Gasteiger charge is 2.35. The van der Waals surface area contributed by atoms with Gasteiger partial charge in [0.15, 0.2) is 0 Å². The fraction of sp³-hybridized carbons (Fsp3) is 0.611. The van der Waals surface area contributed by atoms with Gasteiger partial charge in [-0.25, -0.2) is 0 Å². The first-order valence-electron chi connectivity index (χ1n) is 8.47. The lowest BCUT2D eigenvalue weighted by molar-refractivity contribution is -0.123. The quantitative estimate of drug-likeness (QED) is 0.839. The van der Waals surface area contributed by atoms with E-state index < -0.39 is 0 Å². The summed E-state index contributed by atoms with van der Waals surface area (Å²) in [6.07, 6.45) is 4.11. The van der Waals surface area contributed by atoms with Gasteiger partial charge in [0.05, 0.1) is 6.04 Å². The minimum absolute atomic E-state index is 0.0166. The molecule has 1 aromatic rings. The molecule has 0 aromatic heterocycles. The molecule has 4 nitrogen and oxygen atoms in total. The van der Waals surface area contributed by atoms with Crippen LogP contribution in [-0.4, -0.2) is 37.7 Å². The molecule has 126 valence electrons. The fourth-order valence-electron chi connectivity index (χ4n) is 3.14. The summed E-state index contributed by atoms with van der Waals surface area (Å²) in [7, 11) is 0. The molecule has 1 aromatic carbocycles. The molecule has 1 heterocycles. The van der Waals surface area contributed by atoms with Gasteiger partial charge in [0.25, 0.3) is 0 Å². The summed E-state index contributed by atoms with van der Waals surface area (Å²) in [6, 6.07) is 8.29. The fourth-order valence-corrected chi connectivity index (χ4v) is 3.33. The molecule has 2 aliphatic rings. The Bertz CT molecular complexity index is 554. The molecule has 2 fully saturated rings. The second kappa shape index (κ2) is 7.20. The molecule has 1 amide bonds. The monoisotopic (exact) mass is 336 g/mol.